The molecular weight excluding hydrogens is 306 g/mol. The van der Waals surface area contributed by atoms with Gasteiger partial charge in [-0.15, -0.1) is 0 Å². The Morgan fingerprint density at radius 3 is 2.57 bits per heavy atom. The summed E-state index contributed by atoms with van der Waals surface area (Å²) in [7, 11) is 0. The Morgan fingerprint density at radius 1 is 1.21 bits per heavy atom. The van der Waals surface area contributed by atoms with E-state index in [0.29, 0.717) is 4.83 Å². The fourth-order valence-electron chi connectivity index (χ4n) is 1.27. The third-order valence-corrected chi connectivity index (χ3v) is 2.98. The van der Waals surface area contributed by atoms with Crippen LogP contribution in [0.1, 0.15) is 5.56 Å². The fraction of sp³-hybridized carbons (Fsp3) is 0.455. The van der Waals surface area contributed by atoms with Crippen molar-refractivity contribution in [1.29, 1.82) is 0 Å². The molecule has 0 unspecified atom stereocenters. The molecule has 0 radical (unpaired) electrons. The van der Waals surface area contributed by atoms with Crippen molar-refractivity contribution in [2.24, 2.45) is 0 Å². The Labute approximate surface area is 103 Å². The van der Waals surface area contributed by atoms with Crippen molar-refractivity contribution in [1.82, 2.24) is 5.32 Å². The van der Waals surface area contributed by atoms with Crippen molar-refractivity contribution in [2.45, 2.75) is 11.2 Å². The molecule has 0 aliphatic rings. The zero-order valence-corrected chi connectivity index (χ0v) is 11.2. The summed E-state index contributed by atoms with van der Waals surface area (Å²) in [6.07, 6.45) is 1.08. The number of hydrogen-bond donors (Lipinski definition) is 1. The van der Waals surface area contributed by atoms with Crippen molar-refractivity contribution >= 4 is 31.9 Å². The van der Waals surface area contributed by atoms with Gasteiger partial charge in [0.25, 0.3) is 0 Å². The van der Waals surface area contributed by atoms with Gasteiger partial charge < -0.3 is 5.32 Å². The molecule has 1 rings (SSSR count). The molecule has 0 aliphatic heterocycles. The van der Waals surface area contributed by atoms with Gasteiger partial charge in [0.05, 0.1) is 0 Å². The summed E-state index contributed by atoms with van der Waals surface area (Å²) in [6.45, 7) is 2.04. The Hall–Kier alpha value is 0.140. The Morgan fingerprint density at radius 2 is 1.93 bits per heavy atom. The highest BCUT2D eigenvalue weighted by molar-refractivity contribution is 9.09. The van der Waals surface area contributed by atoms with Gasteiger partial charge in [0.2, 0.25) is 0 Å². The predicted octanol–water partition coefficient (Wildman–Crippen LogP) is 2.98. The fourth-order valence-corrected chi connectivity index (χ4v) is 2.15. The molecule has 0 saturated carbocycles. The number of hydrogen-bond acceptors (Lipinski definition) is 1. The van der Waals surface area contributed by atoms with Gasteiger partial charge in [-0.2, -0.15) is 0 Å². The minimum absolute atomic E-state index is 0.518. The molecule has 1 nitrogen and oxygen atoms in total. The summed E-state index contributed by atoms with van der Waals surface area (Å²) >= 11 is 7.06. The maximum Gasteiger partial charge on any atom is 0.0310 e. The minimum Gasteiger partial charge on any atom is -0.315 e. The molecule has 0 aliphatic carbocycles. The van der Waals surface area contributed by atoms with Crippen LogP contribution in [-0.2, 0) is 6.42 Å². The van der Waals surface area contributed by atoms with E-state index in [-0.39, 0.29) is 0 Å². The summed E-state index contributed by atoms with van der Waals surface area (Å²) in [5.41, 5.74) is 1.38. The summed E-state index contributed by atoms with van der Waals surface area (Å²) in [4.78, 5) is 0.518. The molecule has 0 aromatic heterocycles. The molecule has 0 heterocycles. The zero-order valence-electron chi connectivity index (χ0n) is 8.05. The second kappa shape index (κ2) is 7.43. The lowest BCUT2D eigenvalue weighted by atomic mass is 10.1. The first-order valence-electron chi connectivity index (χ1n) is 4.77. The first-order chi connectivity index (χ1) is 6.83. The third kappa shape index (κ3) is 5.13. The van der Waals surface area contributed by atoms with Crippen LogP contribution in [0.2, 0.25) is 0 Å². The molecule has 78 valence electrons. The highest BCUT2D eigenvalue weighted by atomic mass is 79.9. The van der Waals surface area contributed by atoms with Gasteiger partial charge >= 0.3 is 0 Å². The van der Waals surface area contributed by atoms with E-state index in [1.54, 1.807) is 0 Å². The average molecular weight is 321 g/mol. The quantitative estimate of drug-likeness (QED) is 0.627. The van der Waals surface area contributed by atoms with Crippen LogP contribution in [0, 0.1) is 0 Å². The first kappa shape index (κ1) is 12.2. The van der Waals surface area contributed by atoms with Crippen LogP contribution in [0.5, 0.6) is 0 Å². The number of nitrogens with one attached hydrogen (secondary N) is 1. The van der Waals surface area contributed by atoms with Crippen molar-refractivity contribution in [3.8, 4) is 0 Å². The molecule has 0 amide bonds. The van der Waals surface area contributed by atoms with E-state index in [0.717, 1.165) is 24.8 Å². The molecule has 0 bridgehead atoms. The smallest absolute Gasteiger partial charge is 0.0310 e. The van der Waals surface area contributed by atoms with Gasteiger partial charge in [-0.05, 0) is 12.0 Å². The average Bonchev–Trinajstić information content (AvgIpc) is 2.20. The topological polar surface area (TPSA) is 12.0 Å². The number of alkyl halides is 2. The largest absolute Gasteiger partial charge is 0.315 e. The van der Waals surface area contributed by atoms with E-state index >= 15 is 0 Å². The molecule has 0 saturated heterocycles. The lowest BCUT2D eigenvalue weighted by Crippen LogP contribution is -2.25. The summed E-state index contributed by atoms with van der Waals surface area (Å²) in [5, 5.41) is 4.37. The van der Waals surface area contributed by atoms with Gasteiger partial charge in [-0.25, -0.2) is 0 Å². The van der Waals surface area contributed by atoms with Crippen LogP contribution >= 0.6 is 31.9 Å². The molecule has 0 spiro atoms. The lowest BCUT2D eigenvalue weighted by Gasteiger charge is -2.10. The van der Waals surface area contributed by atoms with Crippen molar-refractivity contribution in [3.05, 3.63) is 35.9 Å². The van der Waals surface area contributed by atoms with Crippen molar-refractivity contribution in [2.75, 3.05) is 18.4 Å². The van der Waals surface area contributed by atoms with E-state index in [1.807, 2.05) is 0 Å². The van der Waals surface area contributed by atoms with Gasteiger partial charge in [-0.3, -0.25) is 0 Å². The summed E-state index contributed by atoms with van der Waals surface area (Å²) in [5.74, 6) is 0. The Kier molecular flexibility index (Phi) is 6.48. The molecule has 1 aromatic carbocycles. The minimum atomic E-state index is 0.518. The number of benzene rings is 1. The van der Waals surface area contributed by atoms with E-state index in [9.17, 15) is 0 Å². The first-order valence-corrected chi connectivity index (χ1v) is 6.81. The molecule has 1 aromatic rings. The standard InChI is InChI=1S/C11H15Br2N/c12-6-7-14-9-11(13)8-10-4-2-1-3-5-10/h1-5,11,14H,6-9H2/t11-/m0/s1. The van der Waals surface area contributed by atoms with Gasteiger partial charge in [-0.1, -0.05) is 62.2 Å². The Balaban J connectivity index is 2.23. The van der Waals surface area contributed by atoms with E-state index in [1.165, 1.54) is 5.56 Å². The molecular formula is C11H15Br2N. The van der Waals surface area contributed by atoms with Crippen molar-refractivity contribution in [3.63, 3.8) is 0 Å². The molecule has 14 heavy (non-hydrogen) atoms. The van der Waals surface area contributed by atoms with E-state index in [4.69, 9.17) is 0 Å². The lowest BCUT2D eigenvalue weighted by molar-refractivity contribution is 0.696. The van der Waals surface area contributed by atoms with Crippen LogP contribution < -0.4 is 5.32 Å². The molecule has 1 N–H and O–H groups in total. The number of halogens is 2. The Bertz CT molecular complexity index is 238. The predicted molar refractivity (Wildman–Crippen MR) is 69.5 cm³/mol. The third-order valence-electron chi connectivity index (χ3n) is 1.94. The van der Waals surface area contributed by atoms with Crippen LogP contribution in [0.3, 0.4) is 0 Å². The van der Waals surface area contributed by atoms with Crippen LogP contribution in [-0.4, -0.2) is 23.2 Å². The molecule has 3 heteroatoms. The second-order valence-corrected chi connectivity index (χ2v) is 5.27. The molecule has 1 atom stereocenters. The van der Waals surface area contributed by atoms with Crippen LogP contribution in [0.15, 0.2) is 30.3 Å². The van der Waals surface area contributed by atoms with Gasteiger partial charge in [0, 0.05) is 23.2 Å². The van der Waals surface area contributed by atoms with E-state index < -0.39 is 0 Å². The normalized spacial score (nSPS) is 12.7. The van der Waals surface area contributed by atoms with Crippen molar-refractivity contribution < 1.29 is 0 Å². The molecule has 0 fully saturated rings. The monoisotopic (exact) mass is 319 g/mol. The number of rotatable bonds is 6. The highest BCUT2D eigenvalue weighted by Gasteiger charge is 2.03. The summed E-state index contributed by atoms with van der Waals surface area (Å²) < 4.78 is 0. The van der Waals surface area contributed by atoms with Crippen LogP contribution in [0.4, 0.5) is 0 Å². The SMILES string of the molecule is BrCCNC[C@@H](Br)Cc1ccccc1. The maximum atomic E-state index is 3.67. The maximum absolute atomic E-state index is 3.67. The van der Waals surface area contributed by atoms with Gasteiger partial charge in [0.1, 0.15) is 0 Å². The zero-order chi connectivity index (χ0) is 10.2. The second-order valence-electron chi connectivity index (χ2n) is 3.18. The van der Waals surface area contributed by atoms with E-state index in [2.05, 4.69) is 67.5 Å². The summed E-state index contributed by atoms with van der Waals surface area (Å²) in [6, 6.07) is 10.6. The van der Waals surface area contributed by atoms with Crippen LogP contribution in [0.25, 0.3) is 0 Å². The highest BCUT2D eigenvalue weighted by Crippen LogP contribution is 2.08. The van der Waals surface area contributed by atoms with Gasteiger partial charge in [0.15, 0.2) is 0 Å².